The van der Waals surface area contributed by atoms with Crippen molar-refractivity contribution < 1.29 is 4.74 Å². The van der Waals surface area contributed by atoms with Crippen LogP contribution in [0.3, 0.4) is 0 Å². The Labute approximate surface area is 114 Å². The summed E-state index contributed by atoms with van der Waals surface area (Å²) in [7, 11) is 0. The summed E-state index contributed by atoms with van der Waals surface area (Å²) in [4.78, 5) is 4.24. The highest BCUT2D eigenvalue weighted by atomic mass is 79.9. The van der Waals surface area contributed by atoms with Crippen LogP contribution in [0.25, 0.3) is 10.8 Å². The molecule has 0 saturated heterocycles. The molecule has 0 saturated carbocycles. The lowest BCUT2D eigenvalue weighted by atomic mass is 10.2. The zero-order chi connectivity index (χ0) is 12.3. The third-order valence-corrected chi connectivity index (χ3v) is 3.15. The smallest absolute Gasteiger partial charge is 0.222 e. The van der Waals surface area contributed by atoms with Gasteiger partial charge in [-0.25, -0.2) is 4.98 Å². The molecule has 0 aliphatic carbocycles. The molecule has 0 radical (unpaired) electrons. The molecule has 0 atom stereocenters. The highest BCUT2D eigenvalue weighted by Crippen LogP contribution is 2.29. The van der Waals surface area contributed by atoms with E-state index in [9.17, 15) is 0 Å². The van der Waals surface area contributed by atoms with Gasteiger partial charge < -0.3 is 4.74 Å². The Bertz CT molecular complexity index is 530. The van der Waals surface area contributed by atoms with Crippen LogP contribution in [0.5, 0.6) is 5.88 Å². The average Bonchev–Trinajstić information content (AvgIpc) is 2.30. The maximum absolute atomic E-state index is 5.97. The monoisotopic (exact) mass is 313 g/mol. The van der Waals surface area contributed by atoms with Crippen LogP contribution >= 0.6 is 27.5 Å². The molecule has 4 heteroatoms. The Kier molecular flexibility index (Phi) is 4.24. The number of halogens is 2. The lowest BCUT2D eigenvalue weighted by Crippen LogP contribution is -1.99. The molecule has 2 nitrogen and oxygen atoms in total. The number of nitrogens with zero attached hydrogens (tertiary/aromatic N) is 1. The Hall–Kier alpha value is -0.800. The Balaban J connectivity index is 2.40. The molecule has 0 aliphatic rings. The first-order valence-electron chi connectivity index (χ1n) is 5.59. The van der Waals surface area contributed by atoms with E-state index in [1.54, 1.807) is 0 Å². The van der Waals surface area contributed by atoms with Crippen molar-refractivity contribution in [2.45, 2.75) is 19.8 Å². The van der Waals surface area contributed by atoms with E-state index in [2.05, 4.69) is 27.8 Å². The standard InChI is InChI=1S/C13H13BrClNO/c1-2-3-6-17-13-11-8-10(14)5-4-9(11)7-12(15)16-13/h4-5,7-8H,2-3,6H2,1H3. The fraction of sp³-hybridized carbons (Fsp3) is 0.308. The molecule has 1 heterocycles. The number of unbranched alkanes of at least 4 members (excludes halogenated alkanes) is 1. The summed E-state index contributed by atoms with van der Waals surface area (Å²) in [6, 6.07) is 7.82. The molecule has 90 valence electrons. The zero-order valence-electron chi connectivity index (χ0n) is 9.54. The first kappa shape index (κ1) is 12.7. The topological polar surface area (TPSA) is 22.1 Å². The molecule has 0 fully saturated rings. The van der Waals surface area contributed by atoms with Crippen LogP contribution in [-0.4, -0.2) is 11.6 Å². The molecule has 2 rings (SSSR count). The Morgan fingerprint density at radius 2 is 2.18 bits per heavy atom. The van der Waals surface area contributed by atoms with E-state index in [1.165, 1.54) is 0 Å². The quantitative estimate of drug-likeness (QED) is 0.595. The highest BCUT2D eigenvalue weighted by molar-refractivity contribution is 9.10. The van der Waals surface area contributed by atoms with E-state index in [0.717, 1.165) is 28.1 Å². The minimum Gasteiger partial charge on any atom is -0.477 e. The van der Waals surface area contributed by atoms with E-state index < -0.39 is 0 Å². The van der Waals surface area contributed by atoms with Crippen LogP contribution in [0.1, 0.15) is 19.8 Å². The van der Waals surface area contributed by atoms with Crippen LogP contribution in [0.15, 0.2) is 28.7 Å². The van der Waals surface area contributed by atoms with Gasteiger partial charge >= 0.3 is 0 Å². The van der Waals surface area contributed by atoms with Crippen LogP contribution < -0.4 is 4.74 Å². The van der Waals surface area contributed by atoms with Crippen LogP contribution in [0.2, 0.25) is 5.15 Å². The SMILES string of the molecule is CCCCOc1nc(Cl)cc2ccc(Br)cc12. The second-order valence-corrected chi connectivity index (χ2v) is 5.12. The van der Waals surface area contributed by atoms with Gasteiger partial charge in [0.1, 0.15) is 5.15 Å². The maximum atomic E-state index is 5.97. The number of benzene rings is 1. The van der Waals surface area contributed by atoms with Gasteiger partial charge in [-0.3, -0.25) is 0 Å². The largest absolute Gasteiger partial charge is 0.477 e. The summed E-state index contributed by atoms with van der Waals surface area (Å²) in [5.74, 6) is 0.613. The third-order valence-electron chi connectivity index (χ3n) is 2.47. The van der Waals surface area contributed by atoms with Crippen molar-refractivity contribution in [2.75, 3.05) is 6.61 Å². The van der Waals surface area contributed by atoms with Gasteiger partial charge in [-0.15, -0.1) is 0 Å². The van der Waals surface area contributed by atoms with Gasteiger partial charge in [0, 0.05) is 9.86 Å². The lowest BCUT2D eigenvalue weighted by molar-refractivity contribution is 0.302. The van der Waals surface area contributed by atoms with Gasteiger partial charge in [-0.05, 0) is 30.0 Å². The van der Waals surface area contributed by atoms with Crippen LogP contribution in [-0.2, 0) is 0 Å². The second-order valence-electron chi connectivity index (χ2n) is 3.82. The van der Waals surface area contributed by atoms with Crippen molar-refractivity contribution in [3.05, 3.63) is 33.9 Å². The van der Waals surface area contributed by atoms with Crippen LogP contribution in [0.4, 0.5) is 0 Å². The van der Waals surface area contributed by atoms with E-state index in [4.69, 9.17) is 16.3 Å². The summed E-state index contributed by atoms with van der Waals surface area (Å²) in [5.41, 5.74) is 0. The minimum atomic E-state index is 0.464. The molecule has 0 spiro atoms. The first-order valence-corrected chi connectivity index (χ1v) is 6.76. The molecule has 0 bridgehead atoms. The predicted molar refractivity (Wildman–Crippen MR) is 74.9 cm³/mol. The van der Waals surface area contributed by atoms with Crippen molar-refractivity contribution in [3.8, 4) is 5.88 Å². The number of fused-ring (bicyclic) bond motifs is 1. The van der Waals surface area contributed by atoms with Gasteiger partial charge in [0.15, 0.2) is 0 Å². The number of hydrogen-bond acceptors (Lipinski definition) is 2. The molecule has 1 aromatic heterocycles. The normalized spacial score (nSPS) is 10.8. The Morgan fingerprint density at radius 1 is 1.35 bits per heavy atom. The summed E-state index contributed by atoms with van der Waals surface area (Å²) in [5, 5.41) is 2.49. The third kappa shape index (κ3) is 3.11. The van der Waals surface area contributed by atoms with E-state index in [0.29, 0.717) is 17.6 Å². The van der Waals surface area contributed by atoms with E-state index in [-0.39, 0.29) is 0 Å². The van der Waals surface area contributed by atoms with Gasteiger partial charge in [-0.2, -0.15) is 0 Å². The summed E-state index contributed by atoms with van der Waals surface area (Å²) in [6.07, 6.45) is 2.12. The van der Waals surface area contributed by atoms with Crippen molar-refractivity contribution in [3.63, 3.8) is 0 Å². The first-order chi connectivity index (χ1) is 8.20. The summed E-state index contributed by atoms with van der Waals surface area (Å²) in [6.45, 7) is 2.80. The molecular formula is C13H13BrClNO. The number of ether oxygens (including phenoxy) is 1. The molecular weight excluding hydrogens is 302 g/mol. The predicted octanol–water partition coefficient (Wildman–Crippen LogP) is 4.83. The van der Waals surface area contributed by atoms with Crippen molar-refractivity contribution >= 4 is 38.3 Å². The molecule has 0 aliphatic heterocycles. The zero-order valence-corrected chi connectivity index (χ0v) is 11.9. The van der Waals surface area contributed by atoms with Crippen LogP contribution in [0, 0.1) is 0 Å². The average molecular weight is 315 g/mol. The highest BCUT2D eigenvalue weighted by Gasteiger charge is 2.06. The number of hydrogen-bond donors (Lipinski definition) is 0. The molecule has 2 aromatic rings. The summed E-state index contributed by atoms with van der Waals surface area (Å²) < 4.78 is 6.69. The number of pyridine rings is 1. The van der Waals surface area contributed by atoms with Crippen molar-refractivity contribution in [1.82, 2.24) is 4.98 Å². The molecule has 0 unspecified atom stereocenters. The Morgan fingerprint density at radius 3 is 2.94 bits per heavy atom. The molecule has 0 N–H and O–H groups in total. The van der Waals surface area contributed by atoms with E-state index in [1.807, 2.05) is 24.3 Å². The van der Waals surface area contributed by atoms with Crippen molar-refractivity contribution in [1.29, 1.82) is 0 Å². The number of rotatable bonds is 4. The van der Waals surface area contributed by atoms with Crippen molar-refractivity contribution in [2.24, 2.45) is 0 Å². The van der Waals surface area contributed by atoms with Gasteiger partial charge in [0.25, 0.3) is 0 Å². The lowest BCUT2D eigenvalue weighted by Gasteiger charge is -2.08. The van der Waals surface area contributed by atoms with E-state index >= 15 is 0 Å². The summed E-state index contributed by atoms with van der Waals surface area (Å²) >= 11 is 9.42. The van der Waals surface area contributed by atoms with Gasteiger partial charge in [0.2, 0.25) is 5.88 Å². The molecule has 1 aromatic carbocycles. The second kappa shape index (κ2) is 5.69. The molecule has 0 amide bonds. The fourth-order valence-corrected chi connectivity index (χ4v) is 2.14. The van der Waals surface area contributed by atoms with Gasteiger partial charge in [-0.1, -0.05) is 46.9 Å². The molecule has 17 heavy (non-hydrogen) atoms. The fourth-order valence-electron chi connectivity index (χ4n) is 1.58. The minimum absolute atomic E-state index is 0.464. The number of aromatic nitrogens is 1. The van der Waals surface area contributed by atoms with Gasteiger partial charge in [0.05, 0.1) is 6.61 Å². The maximum Gasteiger partial charge on any atom is 0.222 e.